The summed E-state index contributed by atoms with van der Waals surface area (Å²) >= 11 is 12.1. The Morgan fingerprint density at radius 3 is 1.85 bits per heavy atom. The zero-order valence-corrected chi connectivity index (χ0v) is 15.8. The van der Waals surface area contributed by atoms with E-state index in [2.05, 4.69) is 48.6 Å². The Bertz CT molecular complexity index is 929. The Kier molecular flexibility index (Phi) is 4.71. The summed E-state index contributed by atoms with van der Waals surface area (Å²) in [4.78, 5) is 5.00. The molecule has 4 rings (SSSR count). The minimum Gasteiger partial charge on any atom is -0.361 e. The first-order valence-electron chi connectivity index (χ1n) is 8.52. The number of nitrogens with zero attached hydrogens (tertiary/aromatic N) is 1. The lowest BCUT2D eigenvalue weighted by molar-refractivity contribution is 0.572. The van der Waals surface area contributed by atoms with E-state index >= 15 is 0 Å². The molecule has 0 bridgehead atoms. The third-order valence-electron chi connectivity index (χ3n) is 4.64. The molecule has 0 saturated carbocycles. The normalized spacial score (nSPS) is 19.1. The highest BCUT2D eigenvalue weighted by atomic mass is 35.5. The number of hydrogen-bond acceptors (Lipinski definition) is 2. The summed E-state index contributed by atoms with van der Waals surface area (Å²) in [7, 11) is 0. The second kappa shape index (κ2) is 7.14. The van der Waals surface area contributed by atoms with E-state index in [0.29, 0.717) is 0 Å². The van der Waals surface area contributed by atoms with Crippen LogP contribution in [0.3, 0.4) is 0 Å². The van der Waals surface area contributed by atoms with Gasteiger partial charge < -0.3 is 5.32 Å². The number of amidine groups is 1. The minimum atomic E-state index is -0.0234. The van der Waals surface area contributed by atoms with Crippen molar-refractivity contribution in [2.45, 2.75) is 19.0 Å². The monoisotopic (exact) mass is 380 g/mol. The van der Waals surface area contributed by atoms with Crippen LogP contribution in [0, 0.1) is 6.92 Å². The van der Waals surface area contributed by atoms with Crippen LogP contribution in [-0.2, 0) is 0 Å². The fourth-order valence-electron chi connectivity index (χ4n) is 3.21. The van der Waals surface area contributed by atoms with Crippen LogP contribution in [0.2, 0.25) is 10.0 Å². The van der Waals surface area contributed by atoms with E-state index in [1.807, 2.05) is 36.4 Å². The number of halogens is 2. The van der Waals surface area contributed by atoms with Gasteiger partial charge in [-0.15, -0.1) is 0 Å². The molecule has 0 radical (unpaired) electrons. The smallest absolute Gasteiger partial charge is 0.129 e. The Morgan fingerprint density at radius 2 is 1.27 bits per heavy atom. The minimum absolute atomic E-state index is 0.0234. The van der Waals surface area contributed by atoms with E-state index in [4.69, 9.17) is 28.2 Å². The van der Waals surface area contributed by atoms with Crippen molar-refractivity contribution < 1.29 is 0 Å². The summed E-state index contributed by atoms with van der Waals surface area (Å²) in [5.74, 6) is 0.907. The molecule has 2 unspecified atom stereocenters. The third kappa shape index (κ3) is 3.48. The maximum Gasteiger partial charge on any atom is 0.129 e. The molecule has 0 saturated heterocycles. The molecular weight excluding hydrogens is 363 g/mol. The highest BCUT2D eigenvalue weighted by molar-refractivity contribution is 6.30. The van der Waals surface area contributed by atoms with Crippen molar-refractivity contribution in [3.63, 3.8) is 0 Å². The van der Waals surface area contributed by atoms with Crippen LogP contribution in [0.1, 0.15) is 34.3 Å². The molecule has 4 heteroatoms. The summed E-state index contributed by atoms with van der Waals surface area (Å²) < 4.78 is 0. The van der Waals surface area contributed by atoms with E-state index in [1.165, 1.54) is 5.56 Å². The zero-order valence-electron chi connectivity index (χ0n) is 14.3. The van der Waals surface area contributed by atoms with Crippen molar-refractivity contribution in [2.75, 3.05) is 0 Å². The topological polar surface area (TPSA) is 24.4 Å². The summed E-state index contributed by atoms with van der Waals surface area (Å²) in [6.07, 6.45) is 0. The molecule has 0 amide bonds. The number of aryl methyl sites for hydroxylation is 1. The van der Waals surface area contributed by atoms with Crippen molar-refractivity contribution >= 4 is 29.0 Å². The van der Waals surface area contributed by atoms with Crippen LogP contribution < -0.4 is 5.32 Å². The molecule has 0 aliphatic carbocycles. The predicted molar refractivity (Wildman–Crippen MR) is 109 cm³/mol. The molecule has 3 aromatic rings. The number of nitrogens with one attached hydrogen (secondary N) is 1. The fourth-order valence-corrected chi connectivity index (χ4v) is 3.46. The van der Waals surface area contributed by atoms with Gasteiger partial charge in [0.25, 0.3) is 0 Å². The van der Waals surface area contributed by atoms with Crippen LogP contribution in [0.5, 0.6) is 0 Å². The SMILES string of the molecule is Cc1ccc(C2=NC(c3ccc(Cl)cc3)C(c3ccc(Cl)cc3)N2)cc1. The number of aliphatic imine (C=N–C) groups is 1. The largest absolute Gasteiger partial charge is 0.361 e. The van der Waals surface area contributed by atoms with Crippen LogP contribution in [0.15, 0.2) is 77.8 Å². The van der Waals surface area contributed by atoms with Crippen LogP contribution >= 0.6 is 23.2 Å². The van der Waals surface area contributed by atoms with Crippen LogP contribution in [0.25, 0.3) is 0 Å². The van der Waals surface area contributed by atoms with Crippen molar-refractivity contribution in [1.82, 2.24) is 5.32 Å². The molecule has 1 aliphatic rings. The van der Waals surface area contributed by atoms with E-state index < -0.39 is 0 Å². The lowest BCUT2D eigenvalue weighted by atomic mass is 9.95. The van der Waals surface area contributed by atoms with Crippen molar-refractivity contribution in [1.29, 1.82) is 0 Å². The Morgan fingerprint density at radius 1 is 0.731 bits per heavy atom. The molecule has 1 aliphatic heterocycles. The molecule has 3 aromatic carbocycles. The summed E-state index contributed by atoms with van der Waals surface area (Å²) in [5.41, 5.74) is 4.60. The van der Waals surface area contributed by atoms with Crippen LogP contribution in [0.4, 0.5) is 0 Å². The maximum atomic E-state index is 6.06. The first-order valence-corrected chi connectivity index (χ1v) is 9.28. The van der Waals surface area contributed by atoms with Crippen molar-refractivity contribution in [3.8, 4) is 0 Å². The van der Waals surface area contributed by atoms with E-state index in [9.17, 15) is 0 Å². The molecule has 1 N–H and O–H groups in total. The van der Waals surface area contributed by atoms with Gasteiger partial charge in [0.2, 0.25) is 0 Å². The highest BCUT2D eigenvalue weighted by Crippen LogP contribution is 2.37. The van der Waals surface area contributed by atoms with Gasteiger partial charge >= 0.3 is 0 Å². The number of benzene rings is 3. The summed E-state index contributed by atoms with van der Waals surface area (Å²) in [5, 5.41) is 5.06. The van der Waals surface area contributed by atoms with Gasteiger partial charge in [0.1, 0.15) is 11.9 Å². The summed E-state index contributed by atoms with van der Waals surface area (Å²) in [6.45, 7) is 2.08. The lowest BCUT2D eigenvalue weighted by Gasteiger charge is -2.20. The first kappa shape index (κ1) is 17.1. The molecule has 2 atom stereocenters. The van der Waals surface area contributed by atoms with Gasteiger partial charge in [-0.2, -0.15) is 0 Å². The van der Waals surface area contributed by atoms with Gasteiger partial charge in [0, 0.05) is 15.6 Å². The van der Waals surface area contributed by atoms with Gasteiger partial charge in [0.15, 0.2) is 0 Å². The number of hydrogen-bond donors (Lipinski definition) is 1. The van der Waals surface area contributed by atoms with Gasteiger partial charge in [-0.25, -0.2) is 0 Å². The standard InChI is InChI=1S/C22H18Cl2N2/c1-14-2-4-17(5-3-14)22-25-20(15-6-10-18(23)11-7-15)21(26-22)16-8-12-19(24)13-9-16/h2-13,20-21H,1H3,(H,25,26). The Balaban J connectivity index is 1.74. The quantitative estimate of drug-likeness (QED) is 0.580. The summed E-state index contributed by atoms with van der Waals surface area (Å²) in [6, 6.07) is 24.3. The van der Waals surface area contributed by atoms with E-state index in [-0.39, 0.29) is 12.1 Å². The van der Waals surface area contributed by atoms with Crippen molar-refractivity contribution in [3.05, 3.63) is 105 Å². The van der Waals surface area contributed by atoms with Crippen molar-refractivity contribution in [2.24, 2.45) is 4.99 Å². The second-order valence-electron chi connectivity index (χ2n) is 6.51. The van der Waals surface area contributed by atoms with Gasteiger partial charge in [0.05, 0.1) is 6.04 Å². The molecule has 1 heterocycles. The van der Waals surface area contributed by atoms with Gasteiger partial charge in [-0.05, 0) is 42.3 Å². The Labute approximate surface area is 163 Å². The average molecular weight is 381 g/mol. The first-order chi connectivity index (χ1) is 12.6. The van der Waals surface area contributed by atoms with E-state index in [0.717, 1.165) is 32.6 Å². The maximum absolute atomic E-state index is 6.06. The molecule has 2 nitrogen and oxygen atoms in total. The highest BCUT2D eigenvalue weighted by Gasteiger charge is 2.31. The van der Waals surface area contributed by atoms with Gasteiger partial charge in [-0.1, -0.05) is 77.3 Å². The third-order valence-corrected chi connectivity index (χ3v) is 5.15. The molecule has 0 fully saturated rings. The molecule has 0 spiro atoms. The second-order valence-corrected chi connectivity index (χ2v) is 7.39. The Hall–Kier alpha value is -2.29. The predicted octanol–water partition coefficient (Wildman–Crippen LogP) is 6.13. The van der Waals surface area contributed by atoms with Gasteiger partial charge in [-0.3, -0.25) is 4.99 Å². The average Bonchev–Trinajstić information content (AvgIpc) is 3.09. The van der Waals surface area contributed by atoms with E-state index in [1.54, 1.807) is 0 Å². The molecule has 130 valence electrons. The lowest BCUT2D eigenvalue weighted by Crippen LogP contribution is -2.25. The molecular formula is C22H18Cl2N2. The molecule has 26 heavy (non-hydrogen) atoms. The van der Waals surface area contributed by atoms with Crippen LogP contribution in [-0.4, -0.2) is 5.84 Å². The molecule has 0 aromatic heterocycles. The zero-order chi connectivity index (χ0) is 18.1. The number of rotatable bonds is 3. The fraction of sp³-hybridized carbons (Fsp3) is 0.136.